The van der Waals surface area contributed by atoms with Crippen LogP contribution in [-0.4, -0.2) is 47.9 Å². The molecule has 0 bridgehead atoms. The minimum Gasteiger partial charge on any atom is -0.319 e. The van der Waals surface area contributed by atoms with Crippen LogP contribution in [0.5, 0.6) is 0 Å². The van der Waals surface area contributed by atoms with E-state index in [1.165, 1.54) is 4.90 Å². The molecule has 6 nitrogen and oxygen atoms in total. The number of likely N-dealkylation sites (tertiary alicyclic amines) is 1. The van der Waals surface area contributed by atoms with Gasteiger partial charge < -0.3 is 15.1 Å². The van der Waals surface area contributed by atoms with Gasteiger partial charge in [-0.2, -0.15) is 0 Å². The Morgan fingerprint density at radius 1 is 0.935 bits per heavy atom. The third kappa shape index (κ3) is 3.94. The minimum atomic E-state index is -1.01. The molecule has 0 aromatic heterocycles. The van der Waals surface area contributed by atoms with Gasteiger partial charge in [-0.15, -0.1) is 0 Å². The van der Waals surface area contributed by atoms with E-state index in [-0.39, 0.29) is 11.9 Å². The van der Waals surface area contributed by atoms with Gasteiger partial charge in [0.05, 0.1) is 0 Å². The van der Waals surface area contributed by atoms with Crippen LogP contribution in [0.1, 0.15) is 37.3 Å². The summed E-state index contributed by atoms with van der Waals surface area (Å²) in [5.74, 6) is -0.196. The maximum atomic E-state index is 13.0. The molecule has 2 heterocycles. The van der Waals surface area contributed by atoms with Gasteiger partial charge in [0.25, 0.3) is 11.4 Å². The first-order chi connectivity index (χ1) is 15.0. The van der Waals surface area contributed by atoms with Gasteiger partial charge in [0.15, 0.2) is 0 Å². The van der Waals surface area contributed by atoms with Crippen LogP contribution in [0.3, 0.4) is 0 Å². The molecule has 3 amide bonds. The predicted molar refractivity (Wildman–Crippen MR) is 119 cm³/mol. The number of carbonyl (C=O) groups is 2. The van der Waals surface area contributed by atoms with Gasteiger partial charge in [-0.1, -0.05) is 60.7 Å². The summed E-state index contributed by atoms with van der Waals surface area (Å²) in [7, 11) is 0. The van der Waals surface area contributed by atoms with E-state index in [1.807, 2.05) is 48.5 Å². The van der Waals surface area contributed by atoms with Gasteiger partial charge in [-0.25, -0.2) is 11.4 Å². The van der Waals surface area contributed by atoms with Gasteiger partial charge in [0.1, 0.15) is 5.54 Å². The third-order valence-electron chi connectivity index (χ3n) is 6.69. The Labute approximate surface area is 183 Å². The predicted octanol–water partition coefficient (Wildman–Crippen LogP) is 3.75. The first kappa shape index (κ1) is 21.1. The third-order valence-corrected chi connectivity index (χ3v) is 6.69. The van der Waals surface area contributed by atoms with E-state index < -0.39 is 11.1 Å². The van der Waals surface area contributed by atoms with Crippen LogP contribution in [0.15, 0.2) is 60.7 Å². The zero-order valence-corrected chi connectivity index (χ0v) is 17.9. The lowest BCUT2D eigenvalue weighted by Crippen LogP contribution is -2.42. The van der Waals surface area contributed by atoms with Crippen molar-refractivity contribution in [1.29, 1.82) is 0 Å². The zero-order valence-electron chi connectivity index (χ0n) is 17.9. The van der Waals surface area contributed by atoms with E-state index >= 15 is 0 Å². The summed E-state index contributed by atoms with van der Waals surface area (Å²) in [5, 5.41) is 2.86. The molecule has 2 aliphatic rings. The lowest BCUT2D eigenvalue weighted by atomic mass is 9.81. The first-order valence-electron chi connectivity index (χ1n) is 10.8. The number of rotatable bonds is 6. The highest BCUT2D eigenvalue weighted by molar-refractivity contribution is 6.07. The van der Waals surface area contributed by atoms with E-state index in [0.29, 0.717) is 6.54 Å². The summed E-state index contributed by atoms with van der Waals surface area (Å²) in [6.07, 6.45) is 2.33. The van der Waals surface area contributed by atoms with Crippen molar-refractivity contribution in [2.75, 3.05) is 26.2 Å². The molecule has 2 fully saturated rings. The van der Waals surface area contributed by atoms with Crippen LogP contribution in [0, 0.1) is 6.57 Å². The van der Waals surface area contributed by atoms with Crippen molar-refractivity contribution >= 4 is 11.9 Å². The average molecular weight is 417 g/mol. The van der Waals surface area contributed by atoms with Gasteiger partial charge >= 0.3 is 6.03 Å². The van der Waals surface area contributed by atoms with Crippen molar-refractivity contribution in [3.05, 3.63) is 83.2 Å². The van der Waals surface area contributed by atoms with Crippen LogP contribution in [0.25, 0.3) is 4.85 Å². The topological polar surface area (TPSA) is 57.0 Å². The van der Waals surface area contributed by atoms with Crippen molar-refractivity contribution in [1.82, 2.24) is 15.1 Å². The fourth-order valence-electron chi connectivity index (χ4n) is 4.68. The molecule has 0 saturated carbocycles. The Morgan fingerprint density at radius 2 is 1.52 bits per heavy atom. The Kier molecular flexibility index (Phi) is 5.79. The van der Waals surface area contributed by atoms with Gasteiger partial charge in [-0.05, 0) is 25.5 Å². The molecule has 0 radical (unpaired) electrons. The quantitative estimate of drug-likeness (QED) is 0.576. The monoisotopic (exact) mass is 416 g/mol. The summed E-state index contributed by atoms with van der Waals surface area (Å²) < 4.78 is 0. The van der Waals surface area contributed by atoms with Crippen molar-refractivity contribution in [3.8, 4) is 0 Å². The minimum absolute atomic E-state index is 0.196. The smallest absolute Gasteiger partial charge is 0.319 e. The average Bonchev–Trinajstić information content (AvgIpc) is 3.04. The standard InChI is InChI=1S/C25H28N4O2/c1-24(20-10-5-3-6-11-20)22(30)29(23(31)27-24)17-9-16-28-18-14-25(26-2,15-19-28)21-12-7-4-8-13-21/h3-8,10-13H,9,14-19H2,1H3,(H,27,31). The van der Waals surface area contributed by atoms with Crippen LogP contribution >= 0.6 is 0 Å². The molecule has 2 aliphatic heterocycles. The molecule has 6 heteroatoms. The lowest BCUT2D eigenvalue weighted by molar-refractivity contribution is -0.131. The van der Waals surface area contributed by atoms with Crippen LogP contribution < -0.4 is 5.32 Å². The largest absolute Gasteiger partial charge is 0.325 e. The van der Waals surface area contributed by atoms with Crippen LogP contribution in [0.2, 0.25) is 0 Å². The summed E-state index contributed by atoms with van der Waals surface area (Å²) in [6.45, 7) is 12.4. The summed E-state index contributed by atoms with van der Waals surface area (Å²) in [4.78, 5) is 33.2. The van der Waals surface area contributed by atoms with Crippen molar-refractivity contribution in [2.45, 2.75) is 37.3 Å². The zero-order chi connectivity index (χ0) is 21.9. The first-order valence-corrected chi connectivity index (χ1v) is 10.8. The molecule has 31 heavy (non-hydrogen) atoms. The fraction of sp³-hybridized carbons (Fsp3) is 0.400. The maximum absolute atomic E-state index is 13.0. The Balaban J connectivity index is 1.31. The van der Waals surface area contributed by atoms with E-state index in [1.54, 1.807) is 6.92 Å². The second kappa shape index (κ2) is 8.52. The van der Waals surface area contributed by atoms with E-state index in [2.05, 4.69) is 27.2 Å². The Morgan fingerprint density at radius 3 is 2.10 bits per heavy atom. The Hall–Kier alpha value is -3.17. The Bertz CT molecular complexity index is 978. The number of amides is 3. The molecule has 2 aromatic carbocycles. The molecular weight excluding hydrogens is 388 g/mol. The molecule has 4 rings (SSSR count). The number of carbonyl (C=O) groups excluding carboxylic acids is 2. The molecule has 1 unspecified atom stereocenters. The molecule has 2 saturated heterocycles. The number of benzene rings is 2. The summed E-state index contributed by atoms with van der Waals surface area (Å²) in [5.41, 5.74) is 0.460. The van der Waals surface area contributed by atoms with Gasteiger partial charge in [0, 0.05) is 38.0 Å². The maximum Gasteiger partial charge on any atom is 0.325 e. The second-order valence-corrected chi connectivity index (χ2v) is 8.58. The highest BCUT2D eigenvalue weighted by atomic mass is 16.2. The number of piperidine rings is 1. The van der Waals surface area contributed by atoms with Gasteiger partial charge in [0.2, 0.25) is 0 Å². The van der Waals surface area contributed by atoms with Crippen molar-refractivity contribution in [3.63, 3.8) is 0 Å². The van der Waals surface area contributed by atoms with Crippen molar-refractivity contribution in [2.24, 2.45) is 0 Å². The second-order valence-electron chi connectivity index (χ2n) is 8.58. The highest BCUT2D eigenvalue weighted by Crippen LogP contribution is 2.37. The SMILES string of the molecule is [C-]#[N+]C1(c2ccccc2)CCN(CCCN2C(=O)NC(C)(c3ccccc3)C2=O)CC1. The number of imide groups is 1. The van der Waals surface area contributed by atoms with Crippen molar-refractivity contribution < 1.29 is 9.59 Å². The van der Waals surface area contributed by atoms with Gasteiger partial charge in [-0.3, -0.25) is 9.69 Å². The molecule has 1 atom stereocenters. The molecule has 0 aliphatic carbocycles. The van der Waals surface area contributed by atoms with Crippen LogP contribution in [-0.2, 0) is 15.9 Å². The van der Waals surface area contributed by atoms with Crippen LogP contribution in [0.4, 0.5) is 4.79 Å². The molecule has 2 aromatic rings. The van der Waals surface area contributed by atoms with E-state index in [0.717, 1.165) is 50.0 Å². The molecule has 1 N–H and O–H groups in total. The normalized spacial score (nSPS) is 23.4. The number of nitrogens with zero attached hydrogens (tertiary/aromatic N) is 3. The summed E-state index contributed by atoms with van der Waals surface area (Å²) >= 11 is 0. The number of nitrogens with one attached hydrogen (secondary N) is 1. The molecular formula is C25H28N4O2. The number of hydrogen-bond acceptors (Lipinski definition) is 3. The van der Waals surface area contributed by atoms with E-state index in [4.69, 9.17) is 6.57 Å². The number of hydrogen-bond donors (Lipinski definition) is 1. The molecule has 160 valence electrons. The van der Waals surface area contributed by atoms with E-state index in [9.17, 15) is 9.59 Å². The highest BCUT2D eigenvalue weighted by Gasteiger charge is 2.48. The molecule has 0 spiro atoms. The lowest BCUT2D eigenvalue weighted by Gasteiger charge is -2.34. The summed E-state index contributed by atoms with van der Waals surface area (Å²) in [6, 6.07) is 19.1. The fourth-order valence-corrected chi connectivity index (χ4v) is 4.68. The number of urea groups is 1.